The van der Waals surface area contributed by atoms with Gasteiger partial charge in [0.05, 0.1) is 7.11 Å². The molecule has 0 saturated carbocycles. The Morgan fingerprint density at radius 3 is 2.80 bits per heavy atom. The third-order valence-corrected chi connectivity index (χ3v) is 5.31. The van der Waals surface area contributed by atoms with E-state index in [0.29, 0.717) is 18.7 Å². The molecule has 2 atom stereocenters. The van der Waals surface area contributed by atoms with Crippen LogP contribution >= 0.6 is 23.7 Å². The average molecular weight is 383 g/mol. The first kappa shape index (κ1) is 20.0. The van der Waals surface area contributed by atoms with E-state index in [0.717, 1.165) is 31.1 Å². The van der Waals surface area contributed by atoms with Gasteiger partial charge in [-0.2, -0.15) is 0 Å². The van der Waals surface area contributed by atoms with E-state index in [2.05, 4.69) is 47.6 Å². The number of nitrogens with one attached hydrogen (secondary N) is 1. The second-order valence-corrected chi connectivity index (χ2v) is 7.47. The highest BCUT2D eigenvalue weighted by molar-refractivity contribution is 7.09. The first-order valence-corrected chi connectivity index (χ1v) is 9.33. The van der Waals surface area contributed by atoms with Crippen LogP contribution < -0.4 is 14.8 Å². The molecule has 1 aromatic heterocycles. The molecule has 2 aromatic rings. The first-order chi connectivity index (χ1) is 11.7. The van der Waals surface area contributed by atoms with Crippen LogP contribution in [0.3, 0.4) is 0 Å². The predicted octanol–water partition coefficient (Wildman–Crippen LogP) is 3.94. The summed E-state index contributed by atoms with van der Waals surface area (Å²) in [6.45, 7) is 8.14. The molecule has 6 heteroatoms. The summed E-state index contributed by atoms with van der Waals surface area (Å²) in [4.78, 5) is 3.73. The zero-order chi connectivity index (χ0) is 16.9. The summed E-state index contributed by atoms with van der Waals surface area (Å²) in [6, 6.07) is 11.5. The van der Waals surface area contributed by atoms with Crippen LogP contribution in [-0.4, -0.2) is 37.2 Å². The van der Waals surface area contributed by atoms with Crippen LogP contribution in [0.15, 0.2) is 35.7 Å². The van der Waals surface area contributed by atoms with E-state index >= 15 is 0 Å². The summed E-state index contributed by atoms with van der Waals surface area (Å²) in [5.74, 6) is 1.61. The Morgan fingerprint density at radius 2 is 2.08 bits per heavy atom. The van der Waals surface area contributed by atoms with Gasteiger partial charge in [0.2, 0.25) is 0 Å². The molecule has 1 aromatic carbocycles. The summed E-state index contributed by atoms with van der Waals surface area (Å²) in [6.07, 6.45) is 0. The van der Waals surface area contributed by atoms with Crippen LogP contribution in [0.4, 0.5) is 0 Å². The Morgan fingerprint density at radius 1 is 1.24 bits per heavy atom. The third-order valence-electron chi connectivity index (χ3n) is 4.46. The Labute approximate surface area is 160 Å². The van der Waals surface area contributed by atoms with Gasteiger partial charge >= 0.3 is 0 Å². The summed E-state index contributed by atoms with van der Waals surface area (Å²) >= 11 is 1.70. The lowest BCUT2D eigenvalue weighted by molar-refractivity contribution is 0.138. The van der Waals surface area contributed by atoms with Crippen molar-refractivity contribution < 1.29 is 9.47 Å². The van der Waals surface area contributed by atoms with Crippen molar-refractivity contribution in [2.45, 2.75) is 39.1 Å². The zero-order valence-corrected chi connectivity index (χ0v) is 16.7. The molecule has 4 nitrogen and oxygen atoms in total. The number of thiophene rings is 1. The topological polar surface area (TPSA) is 33.7 Å². The monoisotopic (exact) mass is 382 g/mol. The second kappa shape index (κ2) is 9.43. The van der Waals surface area contributed by atoms with E-state index in [-0.39, 0.29) is 12.4 Å². The van der Waals surface area contributed by atoms with Crippen LogP contribution in [0, 0.1) is 0 Å². The van der Waals surface area contributed by atoms with Crippen molar-refractivity contribution in [3.63, 3.8) is 0 Å². The van der Waals surface area contributed by atoms with Crippen molar-refractivity contribution in [1.29, 1.82) is 0 Å². The van der Waals surface area contributed by atoms with Crippen LogP contribution in [-0.2, 0) is 13.2 Å². The van der Waals surface area contributed by atoms with Crippen molar-refractivity contribution in [2.75, 3.05) is 20.2 Å². The van der Waals surface area contributed by atoms with Gasteiger partial charge in [-0.25, -0.2) is 0 Å². The van der Waals surface area contributed by atoms with Crippen molar-refractivity contribution in [2.24, 2.45) is 0 Å². The number of piperazine rings is 1. The highest BCUT2D eigenvalue weighted by Gasteiger charge is 2.22. The molecule has 2 heterocycles. The highest BCUT2D eigenvalue weighted by Crippen LogP contribution is 2.30. The van der Waals surface area contributed by atoms with E-state index in [1.165, 1.54) is 10.4 Å². The fourth-order valence-electron chi connectivity index (χ4n) is 3.03. The molecule has 1 fully saturated rings. The Bertz CT molecular complexity index is 651. The first-order valence-electron chi connectivity index (χ1n) is 8.45. The van der Waals surface area contributed by atoms with Gasteiger partial charge in [0.15, 0.2) is 11.5 Å². The number of nitrogens with zero attached hydrogens (tertiary/aromatic N) is 1. The number of hydrogen-bond donors (Lipinski definition) is 1. The Kier molecular flexibility index (Phi) is 7.56. The second-order valence-electron chi connectivity index (χ2n) is 6.44. The minimum absolute atomic E-state index is 0. The molecule has 0 spiro atoms. The summed E-state index contributed by atoms with van der Waals surface area (Å²) in [5.41, 5.74) is 1.26. The van der Waals surface area contributed by atoms with Gasteiger partial charge < -0.3 is 14.8 Å². The minimum Gasteiger partial charge on any atom is -0.493 e. The number of halogens is 1. The lowest BCUT2D eigenvalue weighted by Gasteiger charge is -2.37. The smallest absolute Gasteiger partial charge is 0.161 e. The van der Waals surface area contributed by atoms with E-state index in [9.17, 15) is 0 Å². The lowest BCUT2D eigenvalue weighted by atomic mass is 10.1. The van der Waals surface area contributed by atoms with Crippen molar-refractivity contribution in [3.8, 4) is 11.5 Å². The van der Waals surface area contributed by atoms with Gasteiger partial charge in [0.25, 0.3) is 0 Å². The maximum absolute atomic E-state index is 5.92. The third kappa shape index (κ3) is 5.35. The molecular formula is C19H27ClN2O2S. The summed E-state index contributed by atoms with van der Waals surface area (Å²) < 4.78 is 11.5. The van der Waals surface area contributed by atoms with E-state index in [4.69, 9.17) is 9.47 Å². The molecule has 3 rings (SSSR count). The molecule has 1 aliphatic rings. The number of rotatable bonds is 6. The standard InChI is InChI=1S/C19H26N2O2S.ClH/c1-14-11-21(15(2)10-20-14)12-16-6-7-18(19(9-16)22-3)23-13-17-5-4-8-24-17;/h4-9,14-15,20H,10-13H2,1-3H3;1H. The largest absolute Gasteiger partial charge is 0.493 e. The normalized spacial score (nSPS) is 20.8. The van der Waals surface area contributed by atoms with Gasteiger partial charge in [0, 0.05) is 36.6 Å². The highest BCUT2D eigenvalue weighted by atomic mass is 35.5. The van der Waals surface area contributed by atoms with Gasteiger partial charge in [-0.1, -0.05) is 12.1 Å². The molecule has 25 heavy (non-hydrogen) atoms. The Hall–Kier alpha value is -1.27. The molecule has 2 unspecified atom stereocenters. The molecule has 1 N–H and O–H groups in total. The summed E-state index contributed by atoms with van der Waals surface area (Å²) in [5, 5.41) is 5.59. The fraction of sp³-hybridized carbons (Fsp3) is 0.474. The maximum atomic E-state index is 5.92. The number of benzene rings is 1. The van der Waals surface area contributed by atoms with Crippen LogP contribution in [0.5, 0.6) is 11.5 Å². The van der Waals surface area contributed by atoms with Crippen LogP contribution in [0.1, 0.15) is 24.3 Å². The fourth-order valence-corrected chi connectivity index (χ4v) is 3.64. The van der Waals surface area contributed by atoms with Crippen molar-refractivity contribution >= 4 is 23.7 Å². The van der Waals surface area contributed by atoms with Crippen LogP contribution in [0.25, 0.3) is 0 Å². The summed E-state index contributed by atoms with van der Waals surface area (Å²) in [7, 11) is 1.70. The molecule has 0 bridgehead atoms. The SMILES string of the molecule is COc1cc(CN2CC(C)NCC2C)ccc1OCc1cccs1.Cl. The van der Waals surface area contributed by atoms with E-state index < -0.39 is 0 Å². The molecule has 0 aliphatic carbocycles. The predicted molar refractivity (Wildman–Crippen MR) is 106 cm³/mol. The number of methoxy groups -OCH3 is 1. The van der Waals surface area contributed by atoms with Gasteiger partial charge in [-0.05, 0) is 43.0 Å². The lowest BCUT2D eigenvalue weighted by Crippen LogP contribution is -2.53. The quantitative estimate of drug-likeness (QED) is 0.820. The van der Waals surface area contributed by atoms with Crippen LogP contribution in [0.2, 0.25) is 0 Å². The van der Waals surface area contributed by atoms with Crippen molar-refractivity contribution in [3.05, 3.63) is 46.2 Å². The number of ether oxygens (including phenoxy) is 2. The molecule has 1 saturated heterocycles. The van der Waals surface area contributed by atoms with Gasteiger partial charge in [-0.3, -0.25) is 4.90 Å². The van der Waals surface area contributed by atoms with Gasteiger partial charge in [0.1, 0.15) is 6.61 Å². The number of hydrogen-bond acceptors (Lipinski definition) is 5. The molecule has 0 amide bonds. The average Bonchev–Trinajstić information content (AvgIpc) is 3.10. The Balaban J connectivity index is 0.00000225. The van der Waals surface area contributed by atoms with Crippen molar-refractivity contribution in [1.82, 2.24) is 10.2 Å². The minimum atomic E-state index is 0. The molecule has 0 radical (unpaired) electrons. The van der Waals surface area contributed by atoms with E-state index in [1.807, 2.05) is 12.1 Å². The zero-order valence-electron chi connectivity index (χ0n) is 15.0. The maximum Gasteiger partial charge on any atom is 0.161 e. The molecule has 138 valence electrons. The van der Waals surface area contributed by atoms with E-state index in [1.54, 1.807) is 18.4 Å². The molecular weight excluding hydrogens is 356 g/mol. The van der Waals surface area contributed by atoms with Gasteiger partial charge in [-0.15, -0.1) is 23.7 Å². The molecule has 1 aliphatic heterocycles.